The Balaban J connectivity index is 2.38. The number of benzene rings is 1. The standard InChI is InChI=1S/C8H10N2S2/c1-12-8(11)10-9-7-5-3-2-4-6-7/h2-6,9H,1H3,(H,10,11). The van der Waals surface area contributed by atoms with Crippen molar-refractivity contribution in [1.29, 1.82) is 0 Å². The predicted molar refractivity (Wildman–Crippen MR) is 59.3 cm³/mol. The lowest BCUT2D eigenvalue weighted by molar-refractivity contribution is 1.17. The summed E-state index contributed by atoms with van der Waals surface area (Å²) < 4.78 is 0.735. The van der Waals surface area contributed by atoms with Gasteiger partial charge in [-0.1, -0.05) is 42.2 Å². The molecule has 0 aliphatic carbocycles. The number of para-hydroxylation sites is 1. The molecule has 0 aliphatic heterocycles. The van der Waals surface area contributed by atoms with Crippen LogP contribution in [0.5, 0.6) is 0 Å². The van der Waals surface area contributed by atoms with Crippen LogP contribution in [-0.2, 0) is 0 Å². The molecular weight excluding hydrogens is 188 g/mol. The molecule has 0 heterocycles. The minimum atomic E-state index is 0.735. The van der Waals surface area contributed by atoms with E-state index in [9.17, 15) is 0 Å². The lowest BCUT2D eigenvalue weighted by Gasteiger charge is -2.07. The molecule has 0 saturated heterocycles. The lowest BCUT2D eigenvalue weighted by atomic mass is 10.3. The van der Waals surface area contributed by atoms with Crippen molar-refractivity contribution in [3.63, 3.8) is 0 Å². The summed E-state index contributed by atoms with van der Waals surface area (Å²) in [7, 11) is 0. The SMILES string of the molecule is CSC(=S)NNc1ccccc1. The van der Waals surface area contributed by atoms with E-state index in [-0.39, 0.29) is 0 Å². The second kappa shape index (κ2) is 5.00. The van der Waals surface area contributed by atoms with E-state index >= 15 is 0 Å². The van der Waals surface area contributed by atoms with Gasteiger partial charge in [-0.15, -0.1) is 0 Å². The summed E-state index contributed by atoms with van der Waals surface area (Å²) in [5, 5.41) is 0. The Morgan fingerprint density at radius 3 is 2.58 bits per heavy atom. The van der Waals surface area contributed by atoms with Gasteiger partial charge in [-0.05, 0) is 18.4 Å². The molecule has 0 spiro atoms. The fourth-order valence-corrected chi connectivity index (χ4v) is 0.900. The van der Waals surface area contributed by atoms with Crippen LogP contribution in [0.2, 0.25) is 0 Å². The molecule has 64 valence electrons. The van der Waals surface area contributed by atoms with Crippen LogP contribution in [0.1, 0.15) is 0 Å². The lowest BCUT2D eigenvalue weighted by Crippen LogP contribution is -2.24. The monoisotopic (exact) mass is 198 g/mol. The smallest absolute Gasteiger partial charge is 0.152 e. The summed E-state index contributed by atoms with van der Waals surface area (Å²) in [5.41, 5.74) is 6.88. The summed E-state index contributed by atoms with van der Waals surface area (Å²) >= 11 is 6.45. The molecule has 0 fully saturated rings. The van der Waals surface area contributed by atoms with Crippen LogP contribution in [-0.4, -0.2) is 10.6 Å². The highest BCUT2D eigenvalue weighted by Gasteiger charge is 1.90. The van der Waals surface area contributed by atoms with E-state index in [1.165, 1.54) is 11.8 Å². The molecule has 0 aromatic heterocycles. The van der Waals surface area contributed by atoms with Crippen molar-refractivity contribution >= 4 is 34.0 Å². The zero-order valence-electron chi connectivity index (χ0n) is 6.70. The van der Waals surface area contributed by atoms with Crippen molar-refractivity contribution in [3.05, 3.63) is 30.3 Å². The summed E-state index contributed by atoms with van der Waals surface area (Å²) in [6.45, 7) is 0. The first-order valence-corrected chi connectivity index (χ1v) is 5.11. The van der Waals surface area contributed by atoms with Gasteiger partial charge in [0.1, 0.15) is 0 Å². The molecule has 12 heavy (non-hydrogen) atoms. The normalized spacial score (nSPS) is 9.08. The second-order valence-corrected chi connectivity index (χ2v) is 3.59. The van der Waals surface area contributed by atoms with Crippen LogP contribution < -0.4 is 10.9 Å². The maximum absolute atomic E-state index is 4.94. The molecule has 1 aromatic rings. The zero-order chi connectivity index (χ0) is 8.81. The van der Waals surface area contributed by atoms with Crippen molar-refractivity contribution < 1.29 is 0 Å². The molecule has 2 N–H and O–H groups in total. The first-order valence-electron chi connectivity index (χ1n) is 3.48. The van der Waals surface area contributed by atoms with Crippen LogP contribution in [0.25, 0.3) is 0 Å². The number of anilines is 1. The van der Waals surface area contributed by atoms with E-state index in [2.05, 4.69) is 10.9 Å². The predicted octanol–water partition coefficient (Wildman–Crippen LogP) is 2.25. The third-order valence-corrected chi connectivity index (χ3v) is 2.34. The first kappa shape index (κ1) is 9.35. The minimum absolute atomic E-state index is 0.735. The largest absolute Gasteiger partial charge is 0.300 e. The Labute approximate surface area is 81.7 Å². The van der Waals surface area contributed by atoms with E-state index in [0.29, 0.717) is 0 Å². The number of hydrogen-bond acceptors (Lipinski definition) is 3. The Bertz CT molecular complexity index is 248. The molecule has 0 bridgehead atoms. The first-order chi connectivity index (χ1) is 5.83. The van der Waals surface area contributed by atoms with Gasteiger partial charge >= 0.3 is 0 Å². The Morgan fingerprint density at radius 1 is 1.33 bits per heavy atom. The molecule has 2 nitrogen and oxygen atoms in total. The number of thioether (sulfide) groups is 1. The Kier molecular flexibility index (Phi) is 3.90. The van der Waals surface area contributed by atoms with Gasteiger partial charge in [0.2, 0.25) is 0 Å². The average Bonchev–Trinajstić information content (AvgIpc) is 2.16. The molecule has 0 aliphatic rings. The van der Waals surface area contributed by atoms with Crippen LogP contribution >= 0.6 is 24.0 Å². The maximum Gasteiger partial charge on any atom is 0.152 e. The van der Waals surface area contributed by atoms with Gasteiger partial charge in [-0.25, -0.2) is 0 Å². The van der Waals surface area contributed by atoms with Gasteiger partial charge in [0.05, 0.1) is 5.69 Å². The fourth-order valence-electron chi connectivity index (χ4n) is 0.696. The Hall–Kier alpha value is -0.740. The number of nitrogens with one attached hydrogen (secondary N) is 2. The van der Waals surface area contributed by atoms with E-state index in [1.807, 2.05) is 36.6 Å². The van der Waals surface area contributed by atoms with Crippen molar-refractivity contribution in [2.24, 2.45) is 0 Å². The molecule has 0 saturated carbocycles. The van der Waals surface area contributed by atoms with Gasteiger partial charge in [0.25, 0.3) is 0 Å². The van der Waals surface area contributed by atoms with E-state index in [0.717, 1.165) is 10.0 Å². The van der Waals surface area contributed by atoms with Crippen LogP contribution in [0.3, 0.4) is 0 Å². The minimum Gasteiger partial charge on any atom is -0.300 e. The van der Waals surface area contributed by atoms with E-state index in [1.54, 1.807) is 0 Å². The van der Waals surface area contributed by atoms with Gasteiger partial charge in [0, 0.05) is 0 Å². The third kappa shape index (κ3) is 3.11. The Morgan fingerprint density at radius 2 is 2.00 bits per heavy atom. The van der Waals surface area contributed by atoms with Crippen molar-refractivity contribution in [1.82, 2.24) is 5.43 Å². The molecule has 0 atom stereocenters. The third-order valence-electron chi connectivity index (χ3n) is 1.27. The number of hydrazine groups is 1. The summed E-state index contributed by atoms with van der Waals surface area (Å²) in [6, 6.07) is 9.84. The maximum atomic E-state index is 4.94. The average molecular weight is 198 g/mol. The molecular formula is C8H10N2S2. The number of rotatable bonds is 2. The fraction of sp³-hybridized carbons (Fsp3) is 0.125. The van der Waals surface area contributed by atoms with Gasteiger partial charge < -0.3 is 0 Å². The number of thiocarbonyl (C=S) groups is 1. The zero-order valence-corrected chi connectivity index (χ0v) is 8.34. The molecule has 0 unspecified atom stereocenters. The summed E-state index contributed by atoms with van der Waals surface area (Å²) in [4.78, 5) is 0. The van der Waals surface area contributed by atoms with Crippen LogP contribution in [0.4, 0.5) is 5.69 Å². The second-order valence-electron chi connectivity index (χ2n) is 2.11. The summed E-state index contributed by atoms with van der Waals surface area (Å²) in [5.74, 6) is 0. The van der Waals surface area contributed by atoms with E-state index < -0.39 is 0 Å². The van der Waals surface area contributed by atoms with Crippen LogP contribution in [0, 0.1) is 0 Å². The van der Waals surface area contributed by atoms with Gasteiger partial charge in [0.15, 0.2) is 4.32 Å². The van der Waals surface area contributed by atoms with Gasteiger partial charge in [-0.3, -0.25) is 10.9 Å². The number of hydrogen-bond donors (Lipinski definition) is 2. The quantitative estimate of drug-likeness (QED) is 0.562. The topological polar surface area (TPSA) is 24.1 Å². The van der Waals surface area contributed by atoms with Crippen molar-refractivity contribution in [2.45, 2.75) is 0 Å². The highest BCUT2D eigenvalue weighted by molar-refractivity contribution is 8.22. The molecule has 4 heteroatoms. The molecule has 1 aromatic carbocycles. The van der Waals surface area contributed by atoms with E-state index in [4.69, 9.17) is 12.2 Å². The molecule has 0 amide bonds. The molecule has 1 rings (SSSR count). The van der Waals surface area contributed by atoms with Crippen molar-refractivity contribution in [3.8, 4) is 0 Å². The highest BCUT2D eigenvalue weighted by atomic mass is 32.2. The highest BCUT2D eigenvalue weighted by Crippen LogP contribution is 2.03. The molecule has 0 radical (unpaired) electrons. The van der Waals surface area contributed by atoms with Crippen LogP contribution in [0.15, 0.2) is 30.3 Å². The summed E-state index contributed by atoms with van der Waals surface area (Å²) in [6.07, 6.45) is 1.93. The van der Waals surface area contributed by atoms with Crippen molar-refractivity contribution in [2.75, 3.05) is 11.7 Å². The van der Waals surface area contributed by atoms with Gasteiger partial charge in [-0.2, -0.15) is 0 Å².